The maximum absolute atomic E-state index is 4.74. The van der Waals surface area contributed by atoms with E-state index >= 15 is 0 Å². The zero-order chi connectivity index (χ0) is 11.8. The molecule has 0 N–H and O–H groups in total. The van der Waals surface area contributed by atoms with E-state index in [1.165, 1.54) is 50.8 Å². The van der Waals surface area contributed by atoms with Gasteiger partial charge in [-0.3, -0.25) is 0 Å². The second-order valence-electron chi connectivity index (χ2n) is 7.26. The van der Waals surface area contributed by atoms with Crippen LogP contribution in [0, 0.1) is 11.3 Å². The van der Waals surface area contributed by atoms with Crippen LogP contribution >= 0.6 is 6.89 Å². The standard InChI is InChI=1S/C15H29P/c1-15(2,3)13-9-11-16(4)10-7-5-6-8-14(16)12-13/h13-14H,4-12H2,1-3H3. The first-order chi connectivity index (χ1) is 7.42. The molecule has 2 heterocycles. The molecule has 0 bridgehead atoms. The van der Waals surface area contributed by atoms with Crippen LogP contribution in [0.3, 0.4) is 0 Å². The lowest BCUT2D eigenvalue weighted by molar-refractivity contribution is 0.210. The number of fused-ring (bicyclic) bond motifs is 1. The van der Waals surface area contributed by atoms with Gasteiger partial charge in [-0.05, 0) is 55.0 Å². The highest BCUT2D eigenvalue weighted by molar-refractivity contribution is 7.74. The lowest BCUT2D eigenvalue weighted by atomic mass is 9.76. The minimum atomic E-state index is -0.768. The van der Waals surface area contributed by atoms with Crippen LogP contribution in [-0.2, 0) is 0 Å². The van der Waals surface area contributed by atoms with E-state index in [4.69, 9.17) is 6.30 Å². The van der Waals surface area contributed by atoms with Gasteiger partial charge in [0.25, 0.3) is 0 Å². The van der Waals surface area contributed by atoms with Crippen molar-refractivity contribution in [3.63, 3.8) is 0 Å². The van der Waals surface area contributed by atoms with Gasteiger partial charge in [-0.15, -0.1) is 13.2 Å². The molecule has 0 aromatic carbocycles. The zero-order valence-electron chi connectivity index (χ0n) is 11.5. The molecule has 0 saturated carbocycles. The lowest BCUT2D eigenvalue weighted by Gasteiger charge is -2.45. The summed E-state index contributed by atoms with van der Waals surface area (Å²) in [4.78, 5) is 0. The predicted molar refractivity (Wildman–Crippen MR) is 78.2 cm³/mol. The highest BCUT2D eigenvalue weighted by atomic mass is 31.2. The van der Waals surface area contributed by atoms with E-state index in [-0.39, 0.29) is 0 Å². The Labute approximate surface area is 102 Å². The summed E-state index contributed by atoms with van der Waals surface area (Å²) in [5, 5.41) is 0. The Morgan fingerprint density at radius 1 is 1.00 bits per heavy atom. The van der Waals surface area contributed by atoms with Gasteiger partial charge in [0.1, 0.15) is 0 Å². The Hall–Kier alpha value is 0.300. The first-order valence-electron chi connectivity index (χ1n) is 7.13. The van der Waals surface area contributed by atoms with Crippen LogP contribution in [0.5, 0.6) is 0 Å². The molecule has 0 amide bonds. The second kappa shape index (κ2) is 4.52. The molecular formula is C15H29P. The number of hydrogen-bond donors (Lipinski definition) is 0. The molecule has 3 atom stereocenters. The Morgan fingerprint density at radius 3 is 2.44 bits per heavy atom. The van der Waals surface area contributed by atoms with E-state index in [0.29, 0.717) is 5.41 Å². The SMILES string of the molecule is C=P12CCCCCC1CC(C(C)(C)C)CC2. The minimum Gasteiger partial charge on any atom is -0.109 e. The Kier molecular flexibility index (Phi) is 3.60. The molecule has 2 saturated heterocycles. The van der Waals surface area contributed by atoms with Crippen molar-refractivity contribution in [3.8, 4) is 0 Å². The lowest BCUT2D eigenvalue weighted by Crippen LogP contribution is -2.31. The maximum Gasteiger partial charge on any atom is -0.0213 e. The second-order valence-corrected chi connectivity index (χ2v) is 11.3. The summed E-state index contributed by atoms with van der Waals surface area (Å²) >= 11 is 0. The molecule has 2 fully saturated rings. The predicted octanol–water partition coefficient (Wildman–Crippen LogP) is 4.83. The summed E-state index contributed by atoms with van der Waals surface area (Å²) in [6.45, 7) is 6.53. The Balaban J connectivity index is 2.11. The van der Waals surface area contributed by atoms with Crippen molar-refractivity contribution in [2.24, 2.45) is 11.3 Å². The van der Waals surface area contributed by atoms with Crippen LogP contribution in [0.15, 0.2) is 0 Å². The van der Waals surface area contributed by atoms with Gasteiger partial charge >= 0.3 is 0 Å². The molecule has 2 aliphatic rings. The van der Waals surface area contributed by atoms with Gasteiger partial charge in [0.05, 0.1) is 0 Å². The largest absolute Gasteiger partial charge is 0.109 e. The molecule has 2 rings (SSSR count). The van der Waals surface area contributed by atoms with Gasteiger partial charge < -0.3 is 0 Å². The molecule has 1 heteroatoms. The van der Waals surface area contributed by atoms with Gasteiger partial charge in [-0.25, -0.2) is 0 Å². The first kappa shape index (κ1) is 12.7. The van der Waals surface area contributed by atoms with Gasteiger partial charge in [0.2, 0.25) is 0 Å². The van der Waals surface area contributed by atoms with Crippen molar-refractivity contribution < 1.29 is 0 Å². The smallest absolute Gasteiger partial charge is 0.0213 e. The average Bonchev–Trinajstić information content (AvgIpc) is 2.36. The van der Waals surface area contributed by atoms with Crippen molar-refractivity contribution in [2.75, 3.05) is 12.3 Å². The molecular weight excluding hydrogens is 211 g/mol. The third-order valence-electron chi connectivity index (χ3n) is 5.12. The average molecular weight is 240 g/mol. The molecule has 0 aromatic rings. The third-order valence-corrected chi connectivity index (χ3v) is 9.49. The third kappa shape index (κ3) is 2.58. The molecule has 16 heavy (non-hydrogen) atoms. The van der Waals surface area contributed by atoms with E-state index < -0.39 is 6.89 Å². The number of hydrogen-bond acceptors (Lipinski definition) is 0. The van der Waals surface area contributed by atoms with Gasteiger partial charge in [-0.1, -0.05) is 33.6 Å². The van der Waals surface area contributed by atoms with Crippen molar-refractivity contribution in [1.82, 2.24) is 0 Å². The monoisotopic (exact) mass is 240 g/mol. The normalized spacial score (nSPS) is 41.2. The van der Waals surface area contributed by atoms with Crippen LogP contribution in [0.2, 0.25) is 0 Å². The van der Waals surface area contributed by atoms with E-state index in [2.05, 4.69) is 20.8 Å². The van der Waals surface area contributed by atoms with Crippen molar-refractivity contribution in [3.05, 3.63) is 0 Å². The summed E-state index contributed by atoms with van der Waals surface area (Å²) in [6, 6.07) is 0. The van der Waals surface area contributed by atoms with Crippen molar-refractivity contribution >= 4 is 13.2 Å². The van der Waals surface area contributed by atoms with Crippen molar-refractivity contribution in [1.29, 1.82) is 0 Å². The summed E-state index contributed by atoms with van der Waals surface area (Å²) in [5.74, 6) is 0.963. The topological polar surface area (TPSA) is 0 Å². The van der Waals surface area contributed by atoms with Crippen LogP contribution in [0.25, 0.3) is 0 Å². The first-order valence-corrected chi connectivity index (χ1v) is 9.54. The summed E-state index contributed by atoms with van der Waals surface area (Å²) in [5.41, 5.74) is 1.56. The fourth-order valence-corrected chi connectivity index (χ4v) is 7.79. The quantitative estimate of drug-likeness (QED) is 0.532. The zero-order valence-corrected chi connectivity index (χ0v) is 12.4. The fourth-order valence-electron chi connectivity index (χ4n) is 3.72. The highest BCUT2D eigenvalue weighted by Crippen LogP contribution is 2.61. The van der Waals surface area contributed by atoms with Crippen LogP contribution in [0.4, 0.5) is 0 Å². The van der Waals surface area contributed by atoms with E-state index in [0.717, 1.165) is 11.6 Å². The molecule has 0 aliphatic carbocycles. The Bertz CT molecular complexity index is 284. The highest BCUT2D eigenvalue weighted by Gasteiger charge is 2.38. The molecule has 2 aliphatic heterocycles. The van der Waals surface area contributed by atoms with E-state index in [1.807, 2.05) is 0 Å². The number of rotatable bonds is 0. The van der Waals surface area contributed by atoms with Gasteiger partial charge in [0, 0.05) is 0 Å². The maximum atomic E-state index is 4.74. The van der Waals surface area contributed by atoms with Crippen LogP contribution in [0.1, 0.15) is 59.3 Å². The van der Waals surface area contributed by atoms with Crippen LogP contribution < -0.4 is 0 Å². The molecule has 0 nitrogen and oxygen atoms in total. The fraction of sp³-hybridized carbons (Fsp3) is 0.933. The van der Waals surface area contributed by atoms with Crippen LogP contribution in [-0.4, -0.2) is 24.3 Å². The summed E-state index contributed by atoms with van der Waals surface area (Å²) in [6.07, 6.45) is 16.7. The molecule has 3 unspecified atom stereocenters. The molecule has 94 valence electrons. The van der Waals surface area contributed by atoms with Crippen molar-refractivity contribution in [2.45, 2.75) is 65.0 Å². The Morgan fingerprint density at radius 2 is 1.75 bits per heavy atom. The van der Waals surface area contributed by atoms with E-state index in [1.54, 1.807) is 0 Å². The summed E-state index contributed by atoms with van der Waals surface area (Å²) in [7, 11) is 0. The summed E-state index contributed by atoms with van der Waals surface area (Å²) < 4.78 is 0. The molecule has 0 aromatic heterocycles. The molecule has 0 radical (unpaired) electrons. The van der Waals surface area contributed by atoms with E-state index in [9.17, 15) is 0 Å². The van der Waals surface area contributed by atoms with Gasteiger partial charge in [0.15, 0.2) is 0 Å². The molecule has 0 spiro atoms. The minimum absolute atomic E-state index is 0.525. The van der Waals surface area contributed by atoms with Gasteiger partial charge in [-0.2, -0.15) is 0 Å².